The molecule has 3 heterocycles. The molecule has 0 aliphatic carbocycles. The van der Waals surface area contributed by atoms with Gasteiger partial charge in [0.05, 0.1) is 11.3 Å². The molecule has 0 spiro atoms. The Balaban J connectivity index is 1.42. The lowest BCUT2D eigenvalue weighted by Crippen LogP contribution is -2.47. The molecule has 0 N–H and O–H groups in total. The predicted octanol–water partition coefficient (Wildman–Crippen LogP) is 2.80. The number of nitriles is 1. The molecular formula is C20H23FN6. The Morgan fingerprint density at radius 1 is 0.778 bits per heavy atom. The lowest BCUT2D eigenvalue weighted by atomic mass is 10.1. The molecule has 2 fully saturated rings. The Bertz CT molecular complexity index is 817. The van der Waals surface area contributed by atoms with Crippen molar-refractivity contribution in [3.05, 3.63) is 41.7 Å². The lowest BCUT2D eigenvalue weighted by Gasteiger charge is -2.37. The van der Waals surface area contributed by atoms with E-state index in [2.05, 4.69) is 26.1 Å². The molecule has 2 aliphatic rings. The summed E-state index contributed by atoms with van der Waals surface area (Å²) in [6, 6.07) is 10.8. The van der Waals surface area contributed by atoms with Gasteiger partial charge in [0.2, 0.25) is 0 Å². The summed E-state index contributed by atoms with van der Waals surface area (Å²) in [6.07, 6.45) is 3.72. The summed E-state index contributed by atoms with van der Waals surface area (Å²) in [6.45, 7) is 4.83. The number of benzene rings is 1. The van der Waals surface area contributed by atoms with E-state index in [9.17, 15) is 9.65 Å². The summed E-state index contributed by atoms with van der Waals surface area (Å²) in [5.74, 6) is 1.46. The standard InChI is InChI=1S/C20H23FN6/c21-17-6-4-5-16(15-22)20(17)27-13-11-26(12-14-27)19-8-7-18(23-24-19)25-9-2-1-3-10-25/h4-8H,1-3,9-14H2. The summed E-state index contributed by atoms with van der Waals surface area (Å²) in [5, 5.41) is 18.1. The first-order valence-electron chi connectivity index (χ1n) is 9.53. The van der Waals surface area contributed by atoms with Gasteiger partial charge in [0.25, 0.3) is 0 Å². The summed E-state index contributed by atoms with van der Waals surface area (Å²) >= 11 is 0. The summed E-state index contributed by atoms with van der Waals surface area (Å²) in [5.41, 5.74) is 0.792. The van der Waals surface area contributed by atoms with Crippen LogP contribution in [-0.2, 0) is 0 Å². The van der Waals surface area contributed by atoms with Crippen LogP contribution in [0.4, 0.5) is 21.7 Å². The highest BCUT2D eigenvalue weighted by Gasteiger charge is 2.23. The predicted molar refractivity (Wildman–Crippen MR) is 104 cm³/mol. The second-order valence-electron chi connectivity index (χ2n) is 7.02. The van der Waals surface area contributed by atoms with Crippen molar-refractivity contribution in [2.45, 2.75) is 19.3 Å². The van der Waals surface area contributed by atoms with Crippen LogP contribution in [0.15, 0.2) is 30.3 Å². The molecule has 0 unspecified atom stereocenters. The third-order valence-corrected chi connectivity index (χ3v) is 5.34. The molecule has 2 saturated heterocycles. The van der Waals surface area contributed by atoms with Gasteiger partial charge >= 0.3 is 0 Å². The van der Waals surface area contributed by atoms with Crippen LogP contribution in [0.1, 0.15) is 24.8 Å². The van der Waals surface area contributed by atoms with Gasteiger partial charge in [0, 0.05) is 39.3 Å². The summed E-state index contributed by atoms with van der Waals surface area (Å²) < 4.78 is 14.2. The number of rotatable bonds is 3. The van der Waals surface area contributed by atoms with Gasteiger partial charge in [-0.25, -0.2) is 4.39 Å². The molecule has 0 amide bonds. The molecule has 7 heteroatoms. The molecule has 2 aliphatic heterocycles. The van der Waals surface area contributed by atoms with Crippen LogP contribution in [0.25, 0.3) is 0 Å². The summed E-state index contributed by atoms with van der Waals surface area (Å²) in [4.78, 5) is 6.40. The molecule has 27 heavy (non-hydrogen) atoms. The molecular weight excluding hydrogens is 343 g/mol. The van der Waals surface area contributed by atoms with Crippen molar-refractivity contribution in [1.82, 2.24) is 10.2 Å². The molecule has 0 saturated carbocycles. The molecule has 0 bridgehead atoms. The molecule has 2 aromatic rings. The van der Waals surface area contributed by atoms with Crippen LogP contribution in [0.2, 0.25) is 0 Å². The number of hydrogen-bond acceptors (Lipinski definition) is 6. The molecule has 0 atom stereocenters. The van der Waals surface area contributed by atoms with Gasteiger partial charge < -0.3 is 14.7 Å². The van der Waals surface area contributed by atoms with Gasteiger partial charge in [-0.15, -0.1) is 10.2 Å². The van der Waals surface area contributed by atoms with Gasteiger partial charge in [-0.3, -0.25) is 0 Å². The van der Waals surface area contributed by atoms with E-state index in [1.807, 2.05) is 17.0 Å². The van der Waals surface area contributed by atoms with E-state index in [0.717, 1.165) is 37.8 Å². The van der Waals surface area contributed by atoms with E-state index >= 15 is 0 Å². The smallest absolute Gasteiger partial charge is 0.151 e. The van der Waals surface area contributed by atoms with Crippen LogP contribution >= 0.6 is 0 Å². The summed E-state index contributed by atoms with van der Waals surface area (Å²) in [7, 11) is 0. The van der Waals surface area contributed by atoms with E-state index in [0.29, 0.717) is 24.3 Å². The van der Waals surface area contributed by atoms with Crippen molar-refractivity contribution in [3.8, 4) is 6.07 Å². The van der Waals surface area contributed by atoms with E-state index in [1.54, 1.807) is 12.1 Å². The average molecular weight is 366 g/mol. The Hall–Kier alpha value is -2.88. The average Bonchev–Trinajstić information content (AvgIpc) is 2.74. The van der Waals surface area contributed by atoms with E-state index in [1.165, 1.54) is 25.3 Å². The first kappa shape index (κ1) is 17.5. The molecule has 1 aromatic heterocycles. The number of nitrogens with zero attached hydrogens (tertiary/aromatic N) is 6. The topological polar surface area (TPSA) is 59.3 Å². The fourth-order valence-corrected chi connectivity index (χ4v) is 3.86. The highest BCUT2D eigenvalue weighted by Crippen LogP contribution is 2.26. The van der Waals surface area contributed by atoms with Crippen molar-refractivity contribution in [3.63, 3.8) is 0 Å². The van der Waals surface area contributed by atoms with Gasteiger partial charge in [0.1, 0.15) is 11.9 Å². The van der Waals surface area contributed by atoms with Gasteiger partial charge in [-0.05, 0) is 43.5 Å². The fourth-order valence-electron chi connectivity index (χ4n) is 3.86. The van der Waals surface area contributed by atoms with Crippen LogP contribution < -0.4 is 14.7 Å². The molecule has 6 nitrogen and oxygen atoms in total. The van der Waals surface area contributed by atoms with Crippen molar-refractivity contribution in [1.29, 1.82) is 5.26 Å². The number of anilines is 3. The SMILES string of the molecule is N#Cc1cccc(F)c1N1CCN(c2ccc(N3CCCCC3)nn2)CC1. The third-order valence-electron chi connectivity index (χ3n) is 5.34. The molecule has 1 aromatic carbocycles. The van der Waals surface area contributed by atoms with E-state index in [4.69, 9.17) is 0 Å². The van der Waals surface area contributed by atoms with Gasteiger partial charge in [-0.2, -0.15) is 5.26 Å². The number of piperidine rings is 1. The maximum atomic E-state index is 14.2. The largest absolute Gasteiger partial charge is 0.365 e. The molecule has 0 radical (unpaired) electrons. The zero-order chi connectivity index (χ0) is 18.6. The normalized spacial score (nSPS) is 17.7. The third kappa shape index (κ3) is 3.65. The van der Waals surface area contributed by atoms with Crippen LogP contribution in [0.3, 0.4) is 0 Å². The highest BCUT2D eigenvalue weighted by molar-refractivity contribution is 5.61. The quantitative estimate of drug-likeness (QED) is 0.833. The Morgan fingerprint density at radius 2 is 1.37 bits per heavy atom. The number of piperazine rings is 1. The Kier molecular flexibility index (Phi) is 5.05. The first-order chi connectivity index (χ1) is 13.3. The minimum atomic E-state index is -0.340. The van der Waals surface area contributed by atoms with Crippen LogP contribution in [0.5, 0.6) is 0 Å². The number of para-hydroxylation sites is 1. The monoisotopic (exact) mass is 366 g/mol. The zero-order valence-electron chi connectivity index (χ0n) is 15.3. The minimum absolute atomic E-state index is 0.340. The van der Waals surface area contributed by atoms with Gasteiger partial charge in [-0.1, -0.05) is 6.07 Å². The second-order valence-corrected chi connectivity index (χ2v) is 7.02. The second kappa shape index (κ2) is 7.78. The van der Waals surface area contributed by atoms with Crippen molar-refractivity contribution >= 4 is 17.3 Å². The zero-order valence-corrected chi connectivity index (χ0v) is 15.3. The lowest BCUT2D eigenvalue weighted by molar-refractivity contribution is 0.570. The van der Waals surface area contributed by atoms with Crippen molar-refractivity contribution < 1.29 is 4.39 Å². The number of hydrogen-bond donors (Lipinski definition) is 0. The van der Waals surface area contributed by atoms with Crippen LogP contribution in [-0.4, -0.2) is 49.5 Å². The first-order valence-corrected chi connectivity index (χ1v) is 9.53. The molecule has 140 valence electrons. The van der Waals surface area contributed by atoms with Crippen LogP contribution in [0, 0.1) is 17.1 Å². The minimum Gasteiger partial charge on any atom is -0.365 e. The Labute approximate surface area is 158 Å². The maximum Gasteiger partial charge on any atom is 0.151 e. The van der Waals surface area contributed by atoms with E-state index in [-0.39, 0.29) is 5.82 Å². The van der Waals surface area contributed by atoms with E-state index < -0.39 is 0 Å². The van der Waals surface area contributed by atoms with Crippen molar-refractivity contribution in [2.24, 2.45) is 0 Å². The number of halogens is 1. The highest BCUT2D eigenvalue weighted by atomic mass is 19.1. The Morgan fingerprint density at radius 3 is 1.96 bits per heavy atom. The van der Waals surface area contributed by atoms with Crippen molar-refractivity contribution in [2.75, 3.05) is 54.0 Å². The fraction of sp³-hybridized carbons (Fsp3) is 0.450. The number of aromatic nitrogens is 2. The maximum absolute atomic E-state index is 14.2. The molecule has 4 rings (SSSR count). The van der Waals surface area contributed by atoms with Gasteiger partial charge in [0.15, 0.2) is 11.6 Å².